The fourth-order valence-corrected chi connectivity index (χ4v) is 2.65. The predicted octanol–water partition coefficient (Wildman–Crippen LogP) is 0.637. The Kier molecular flexibility index (Phi) is 4.73. The van der Waals surface area contributed by atoms with Crippen LogP contribution in [0, 0.1) is 0 Å². The highest BCUT2D eigenvalue weighted by Crippen LogP contribution is 2.08. The molecule has 2 heterocycles. The minimum Gasteiger partial charge on any atom is -0.370 e. The summed E-state index contributed by atoms with van der Waals surface area (Å²) in [5.41, 5.74) is 5.95. The lowest BCUT2D eigenvalue weighted by molar-refractivity contribution is 0.454. The molecule has 0 unspecified atom stereocenters. The second-order valence-electron chi connectivity index (χ2n) is 3.96. The van der Waals surface area contributed by atoms with Crippen molar-refractivity contribution < 1.29 is 0 Å². The molecule has 0 aromatic carbocycles. The fraction of sp³-hybridized carbons (Fsp3) is 0.636. The van der Waals surface area contributed by atoms with Crippen molar-refractivity contribution in [3.05, 3.63) is 18.5 Å². The van der Waals surface area contributed by atoms with Crippen LogP contribution in [-0.2, 0) is 6.54 Å². The van der Waals surface area contributed by atoms with E-state index in [1.165, 1.54) is 0 Å². The molecular formula is C11H19N5S. The minimum absolute atomic E-state index is 0.700. The normalized spacial score (nSPS) is 17.4. The first-order valence-electron chi connectivity index (χ1n) is 5.96. The van der Waals surface area contributed by atoms with Gasteiger partial charge in [-0.05, 0) is 12.5 Å². The quantitative estimate of drug-likeness (QED) is 0.486. The molecule has 1 aliphatic rings. The first-order chi connectivity index (χ1) is 8.36. The number of nitrogens with zero attached hydrogens (tertiary/aromatic N) is 4. The lowest BCUT2D eigenvalue weighted by atomic mass is 10.4. The molecular weight excluding hydrogens is 234 g/mol. The Morgan fingerprint density at radius 1 is 1.41 bits per heavy atom. The number of hydrogen-bond acceptors (Lipinski definition) is 3. The summed E-state index contributed by atoms with van der Waals surface area (Å²) in [6.45, 7) is 3.73. The van der Waals surface area contributed by atoms with Crippen LogP contribution in [0.3, 0.4) is 0 Å². The molecule has 0 atom stereocenters. The number of thioether (sulfide) groups is 1. The Labute approximate surface area is 106 Å². The van der Waals surface area contributed by atoms with Gasteiger partial charge in [0, 0.05) is 50.1 Å². The van der Waals surface area contributed by atoms with E-state index in [4.69, 9.17) is 5.73 Å². The highest BCUT2D eigenvalue weighted by atomic mass is 32.2. The van der Waals surface area contributed by atoms with E-state index in [1.807, 2.05) is 28.7 Å². The third-order valence-corrected chi connectivity index (χ3v) is 3.66. The van der Waals surface area contributed by atoms with E-state index < -0.39 is 0 Å². The summed E-state index contributed by atoms with van der Waals surface area (Å²) in [4.78, 5) is 6.59. The third kappa shape index (κ3) is 3.96. The van der Waals surface area contributed by atoms with Crippen LogP contribution in [0.1, 0.15) is 6.42 Å². The van der Waals surface area contributed by atoms with Crippen molar-refractivity contribution in [1.29, 1.82) is 0 Å². The SMILES string of the molecule is NC(=NCCCn1cccn1)N1CCSCC1. The Hall–Kier alpha value is -1.17. The lowest BCUT2D eigenvalue weighted by Gasteiger charge is -2.27. The van der Waals surface area contributed by atoms with Gasteiger partial charge in [0.15, 0.2) is 5.96 Å². The topological polar surface area (TPSA) is 59.4 Å². The Bertz CT molecular complexity index is 343. The van der Waals surface area contributed by atoms with Crippen molar-refractivity contribution in [3.8, 4) is 0 Å². The molecule has 0 amide bonds. The van der Waals surface area contributed by atoms with Gasteiger partial charge in [-0.25, -0.2) is 0 Å². The van der Waals surface area contributed by atoms with Crippen LogP contribution in [0.15, 0.2) is 23.5 Å². The third-order valence-electron chi connectivity index (χ3n) is 2.71. The smallest absolute Gasteiger partial charge is 0.191 e. The number of rotatable bonds is 4. The average Bonchev–Trinajstić information content (AvgIpc) is 2.88. The number of nitrogens with two attached hydrogens (primary N) is 1. The molecule has 5 nitrogen and oxygen atoms in total. The number of aromatic nitrogens is 2. The second-order valence-corrected chi connectivity index (χ2v) is 5.19. The summed E-state index contributed by atoms with van der Waals surface area (Å²) in [7, 11) is 0. The lowest BCUT2D eigenvalue weighted by Crippen LogP contribution is -2.42. The highest BCUT2D eigenvalue weighted by molar-refractivity contribution is 7.99. The molecule has 1 aromatic rings. The Balaban J connectivity index is 1.68. The van der Waals surface area contributed by atoms with E-state index in [-0.39, 0.29) is 0 Å². The summed E-state index contributed by atoms with van der Waals surface area (Å²) in [6.07, 6.45) is 4.74. The van der Waals surface area contributed by atoms with Crippen LogP contribution in [0.25, 0.3) is 0 Å². The first kappa shape index (κ1) is 12.3. The van der Waals surface area contributed by atoms with Crippen LogP contribution >= 0.6 is 11.8 Å². The minimum atomic E-state index is 0.700. The van der Waals surface area contributed by atoms with Gasteiger partial charge < -0.3 is 10.6 Å². The van der Waals surface area contributed by atoms with E-state index in [0.29, 0.717) is 5.96 Å². The van der Waals surface area contributed by atoms with Crippen LogP contribution < -0.4 is 5.73 Å². The van der Waals surface area contributed by atoms with Crippen molar-refractivity contribution in [3.63, 3.8) is 0 Å². The van der Waals surface area contributed by atoms with Gasteiger partial charge in [-0.1, -0.05) is 0 Å². The molecule has 0 bridgehead atoms. The van der Waals surface area contributed by atoms with Crippen LogP contribution in [0.4, 0.5) is 0 Å². The van der Waals surface area contributed by atoms with Gasteiger partial charge >= 0.3 is 0 Å². The molecule has 6 heteroatoms. The largest absolute Gasteiger partial charge is 0.370 e. The summed E-state index contributed by atoms with van der Waals surface area (Å²) in [5.74, 6) is 3.01. The monoisotopic (exact) mass is 253 g/mol. The molecule has 2 rings (SSSR count). The van der Waals surface area contributed by atoms with Gasteiger partial charge in [-0.15, -0.1) is 0 Å². The maximum atomic E-state index is 5.95. The Morgan fingerprint density at radius 2 is 2.24 bits per heavy atom. The maximum Gasteiger partial charge on any atom is 0.191 e. The summed E-state index contributed by atoms with van der Waals surface area (Å²) in [5, 5.41) is 4.15. The summed E-state index contributed by atoms with van der Waals surface area (Å²) >= 11 is 1.98. The predicted molar refractivity (Wildman–Crippen MR) is 72.2 cm³/mol. The van der Waals surface area contributed by atoms with E-state index in [2.05, 4.69) is 15.0 Å². The number of guanidine groups is 1. The fourth-order valence-electron chi connectivity index (χ4n) is 1.75. The van der Waals surface area contributed by atoms with Crippen molar-refractivity contribution >= 4 is 17.7 Å². The average molecular weight is 253 g/mol. The molecule has 0 spiro atoms. The summed E-state index contributed by atoms with van der Waals surface area (Å²) in [6, 6.07) is 1.93. The molecule has 1 fully saturated rings. The zero-order valence-corrected chi connectivity index (χ0v) is 10.8. The van der Waals surface area contributed by atoms with Gasteiger partial charge in [0.25, 0.3) is 0 Å². The van der Waals surface area contributed by atoms with E-state index in [9.17, 15) is 0 Å². The first-order valence-corrected chi connectivity index (χ1v) is 7.12. The van der Waals surface area contributed by atoms with Crippen molar-refractivity contribution in [2.75, 3.05) is 31.1 Å². The van der Waals surface area contributed by atoms with Crippen molar-refractivity contribution in [2.45, 2.75) is 13.0 Å². The number of aryl methyl sites for hydroxylation is 1. The van der Waals surface area contributed by atoms with Crippen molar-refractivity contribution in [1.82, 2.24) is 14.7 Å². The van der Waals surface area contributed by atoms with Gasteiger partial charge in [-0.3, -0.25) is 9.67 Å². The van der Waals surface area contributed by atoms with Gasteiger partial charge in [-0.2, -0.15) is 16.9 Å². The number of aliphatic imine (C=N–C) groups is 1. The molecule has 1 aromatic heterocycles. The van der Waals surface area contributed by atoms with Crippen LogP contribution in [0.2, 0.25) is 0 Å². The molecule has 0 radical (unpaired) electrons. The molecule has 94 valence electrons. The summed E-state index contributed by atoms with van der Waals surface area (Å²) < 4.78 is 1.92. The van der Waals surface area contributed by atoms with Gasteiger partial charge in [0.1, 0.15) is 0 Å². The zero-order chi connectivity index (χ0) is 11.9. The molecule has 2 N–H and O–H groups in total. The van der Waals surface area contributed by atoms with Gasteiger partial charge in [0.2, 0.25) is 0 Å². The van der Waals surface area contributed by atoms with Crippen molar-refractivity contribution in [2.24, 2.45) is 10.7 Å². The second kappa shape index (κ2) is 6.54. The Morgan fingerprint density at radius 3 is 2.94 bits per heavy atom. The molecule has 1 saturated heterocycles. The van der Waals surface area contributed by atoms with Crippen LogP contribution in [-0.4, -0.2) is 51.8 Å². The van der Waals surface area contributed by atoms with Gasteiger partial charge in [0.05, 0.1) is 0 Å². The highest BCUT2D eigenvalue weighted by Gasteiger charge is 2.11. The zero-order valence-electron chi connectivity index (χ0n) is 9.96. The van der Waals surface area contributed by atoms with Crippen LogP contribution in [0.5, 0.6) is 0 Å². The number of hydrogen-bond donors (Lipinski definition) is 1. The standard InChI is InChI=1S/C11H19N5S/c12-11(15-7-9-17-10-8-15)13-3-1-5-16-6-2-4-14-16/h2,4,6H,1,3,5,7-10H2,(H2,12,13). The van der Waals surface area contributed by atoms with E-state index in [1.54, 1.807) is 6.20 Å². The van der Waals surface area contributed by atoms with E-state index in [0.717, 1.165) is 44.1 Å². The van der Waals surface area contributed by atoms with E-state index >= 15 is 0 Å². The molecule has 0 aliphatic carbocycles. The molecule has 0 saturated carbocycles. The maximum absolute atomic E-state index is 5.95. The molecule has 17 heavy (non-hydrogen) atoms. The molecule has 1 aliphatic heterocycles.